The zero-order valence-corrected chi connectivity index (χ0v) is 13.4. The summed E-state index contributed by atoms with van der Waals surface area (Å²) in [6, 6.07) is 6.07. The first-order chi connectivity index (χ1) is 8.72. The summed E-state index contributed by atoms with van der Waals surface area (Å²) in [5, 5.41) is 2.85. The minimum absolute atomic E-state index is 0. The predicted octanol–water partition coefficient (Wildman–Crippen LogP) is 2.13. The van der Waals surface area contributed by atoms with Gasteiger partial charge in [0.1, 0.15) is 0 Å². The van der Waals surface area contributed by atoms with Crippen LogP contribution in [0.2, 0.25) is 0 Å². The average molecular weight is 320 g/mol. The molecule has 1 saturated heterocycles. The highest BCUT2D eigenvalue weighted by Gasteiger charge is 2.19. The van der Waals surface area contributed by atoms with Crippen LogP contribution in [-0.4, -0.2) is 32.1 Å². The van der Waals surface area contributed by atoms with E-state index in [4.69, 9.17) is 5.73 Å². The van der Waals surface area contributed by atoms with Gasteiger partial charge in [-0.05, 0) is 31.9 Å². The normalized spacial score (nSPS) is 13.4. The molecule has 1 amide bonds. The zero-order chi connectivity index (χ0) is 13.0. The maximum Gasteiger partial charge on any atom is 0.253 e. The molecule has 20 heavy (non-hydrogen) atoms. The smallest absolute Gasteiger partial charge is 0.253 e. The highest BCUT2D eigenvalue weighted by atomic mass is 35.5. The first-order valence-corrected chi connectivity index (χ1v) is 6.56. The van der Waals surface area contributed by atoms with E-state index in [1.807, 2.05) is 13.0 Å². The van der Waals surface area contributed by atoms with Gasteiger partial charge in [-0.15, -0.1) is 24.8 Å². The van der Waals surface area contributed by atoms with Gasteiger partial charge in [0.25, 0.3) is 5.91 Å². The number of carbonyl (C=O) groups excluding carboxylic acids is 1. The van der Waals surface area contributed by atoms with E-state index < -0.39 is 0 Å². The summed E-state index contributed by atoms with van der Waals surface area (Å²) in [5.41, 5.74) is 8.34. The number of nitrogens with two attached hydrogens (primary N) is 1. The summed E-state index contributed by atoms with van der Waals surface area (Å²) in [6.45, 7) is 5.08. The number of hydrogen-bond acceptors (Lipinski definition) is 3. The lowest BCUT2D eigenvalue weighted by Gasteiger charge is -2.21. The quantitative estimate of drug-likeness (QED) is 0.893. The van der Waals surface area contributed by atoms with Crippen LogP contribution in [0.3, 0.4) is 0 Å². The Hall–Kier alpha value is -0.970. The van der Waals surface area contributed by atoms with Gasteiger partial charge < -0.3 is 16.0 Å². The van der Waals surface area contributed by atoms with Gasteiger partial charge in [-0.1, -0.05) is 11.6 Å². The molecule has 1 aliphatic rings. The molecule has 1 aliphatic heterocycles. The van der Waals surface area contributed by atoms with E-state index >= 15 is 0 Å². The second kappa shape index (κ2) is 9.06. The van der Waals surface area contributed by atoms with Crippen LogP contribution in [0.5, 0.6) is 0 Å². The van der Waals surface area contributed by atoms with Crippen molar-refractivity contribution in [2.45, 2.75) is 19.8 Å². The molecule has 1 heterocycles. The third kappa shape index (κ3) is 4.54. The predicted molar refractivity (Wildman–Crippen MR) is 88.5 cm³/mol. The number of halogens is 2. The van der Waals surface area contributed by atoms with Gasteiger partial charge >= 0.3 is 0 Å². The van der Waals surface area contributed by atoms with Crippen molar-refractivity contribution in [1.29, 1.82) is 0 Å². The van der Waals surface area contributed by atoms with Crippen LogP contribution in [0.15, 0.2) is 18.2 Å². The van der Waals surface area contributed by atoms with Gasteiger partial charge in [0.2, 0.25) is 0 Å². The van der Waals surface area contributed by atoms with Gasteiger partial charge in [0, 0.05) is 31.9 Å². The van der Waals surface area contributed by atoms with Crippen LogP contribution in [0.1, 0.15) is 28.8 Å². The molecule has 0 saturated carbocycles. The van der Waals surface area contributed by atoms with Crippen LogP contribution < -0.4 is 16.0 Å². The van der Waals surface area contributed by atoms with E-state index in [0.717, 1.165) is 29.9 Å². The van der Waals surface area contributed by atoms with Gasteiger partial charge in [-0.25, -0.2) is 0 Å². The molecule has 114 valence electrons. The molecule has 0 spiro atoms. The maximum atomic E-state index is 12.1. The summed E-state index contributed by atoms with van der Waals surface area (Å²) in [6.07, 6.45) is 2.41. The number of hydrogen-bond donors (Lipinski definition) is 2. The minimum atomic E-state index is -0.0222. The third-order valence-corrected chi connectivity index (χ3v) is 3.27. The molecular weight excluding hydrogens is 297 g/mol. The Morgan fingerprint density at radius 2 is 1.95 bits per heavy atom. The van der Waals surface area contributed by atoms with E-state index in [1.165, 1.54) is 12.8 Å². The molecule has 0 atom stereocenters. The fraction of sp³-hybridized carbons (Fsp3) is 0.500. The Morgan fingerprint density at radius 3 is 2.55 bits per heavy atom. The number of benzene rings is 1. The van der Waals surface area contributed by atoms with Gasteiger partial charge in [0.05, 0.1) is 5.56 Å². The van der Waals surface area contributed by atoms with E-state index in [1.54, 1.807) is 0 Å². The summed E-state index contributed by atoms with van der Waals surface area (Å²) in [5.74, 6) is -0.0222. The number of carbonyl (C=O) groups is 1. The summed E-state index contributed by atoms with van der Waals surface area (Å²) in [4.78, 5) is 14.4. The second-order valence-electron chi connectivity index (χ2n) is 4.76. The zero-order valence-electron chi connectivity index (χ0n) is 11.7. The molecule has 1 aromatic rings. The Balaban J connectivity index is 0.00000180. The number of rotatable bonds is 4. The van der Waals surface area contributed by atoms with Crippen molar-refractivity contribution < 1.29 is 4.79 Å². The molecule has 0 radical (unpaired) electrons. The van der Waals surface area contributed by atoms with Crippen molar-refractivity contribution in [2.24, 2.45) is 5.73 Å². The number of amides is 1. The Morgan fingerprint density at radius 1 is 1.30 bits per heavy atom. The Kier molecular flexibility index (Phi) is 8.62. The first-order valence-electron chi connectivity index (χ1n) is 6.56. The number of aryl methyl sites for hydroxylation is 1. The Labute approximate surface area is 132 Å². The van der Waals surface area contributed by atoms with Gasteiger partial charge in [-0.2, -0.15) is 0 Å². The van der Waals surface area contributed by atoms with Crippen molar-refractivity contribution >= 4 is 36.4 Å². The lowest BCUT2D eigenvalue weighted by Crippen LogP contribution is -2.31. The first kappa shape index (κ1) is 19.0. The summed E-state index contributed by atoms with van der Waals surface area (Å²) >= 11 is 0. The van der Waals surface area contributed by atoms with Crippen molar-refractivity contribution in [1.82, 2.24) is 5.32 Å². The highest BCUT2D eigenvalue weighted by molar-refractivity contribution is 6.00. The number of nitrogens with one attached hydrogen (secondary N) is 1. The maximum absolute atomic E-state index is 12.1. The molecule has 2 rings (SSSR count). The molecule has 1 fully saturated rings. The highest BCUT2D eigenvalue weighted by Crippen LogP contribution is 2.25. The topological polar surface area (TPSA) is 58.4 Å². The summed E-state index contributed by atoms with van der Waals surface area (Å²) in [7, 11) is 0. The molecule has 6 heteroatoms. The van der Waals surface area contributed by atoms with E-state index in [9.17, 15) is 4.79 Å². The van der Waals surface area contributed by atoms with Crippen molar-refractivity contribution in [2.75, 3.05) is 31.1 Å². The van der Waals surface area contributed by atoms with E-state index in [-0.39, 0.29) is 30.7 Å². The standard InChI is InChI=1S/C14H21N3O.2ClH/c1-11-4-5-13(17-8-2-3-9-17)12(10-11)14(18)16-7-6-15;;/h4-5,10H,2-3,6-9,15H2,1H3,(H,16,18);2*1H. The van der Waals surface area contributed by atoms with E-state index in [2.05, 4.69) is 22.3 Å². The minimum Gasteiger partial charge on any atom is -0.371 e. The van der Waals surface area contributed by atoms with Crippen LogP contribution in [-0.2, 0) is 0 Å². The summed E-state index contributed by atoms with van der Waals surface area (Å²) < 4.78 is 0. The lowest BCUT2D eigenvalue weighted by molar-refractivity contribution is 0.0955. The SMILES string of the molecule is Cc1ccc(N2CCCC2)c(C(=O)NCCN)c1.Cl.Cl. The molecule has 3 N–H and O–H groups in total. The molecule has 0 bridgehead atoms. The van der Waals surface area contributed by atoms with Crippen molar-refractivity contribution in [3.63, 3.8) is 0 Å². The molecule has 0 aliphatic carbocycles. The van der Waals surface area contributed by atoms with Gasteiger partial charge in [0.15, 0.2) is 0 Å². The average Bonchev–Trinajstić information content (AvgIpc) is 2.89. The fourth-order valence-electron chi connectivity index (χ4n) is 2.35. The molecule has 1 aromatic carbocycles. The lowest BCUT2D eigenvalue weighted by atomic mass is 10.1. The van der Waals surface area contributed by atoms with Crippen LogP contribution in [0.4, 0.5) is 5.69 Å². The number of nitrogens with zero attached hydrogens (tertiary/aromatic N) is 1. The molecular formula is C14H23Cl2N3O. The molecule has 4 nitrogen and oxygen atoms in total. The third-order valence-electron chi connectivity index (χ3n) is 3.27. The van der Waals surface area contributed by atoms with Crippen LogP contribution in [0, 0.1) is 6.92 Å². The fourth-order valence-corrected chi connectivity index (χ4v) is 2.35. The van der Waals surface area contributed by atoms with Crippen LogP contribution >= 0.6 is 24.8 Å². The molecule has 0 aromatic heterocycles. The monoisotopic (exact) mass is 319 g/mol. The van der Waals surface area contributed by atoms with Crippen molar-refractivity contribution in [3.05, 3.63) is 29.3 Å². The van der Waals surface area contributed by atoms with Crippen LogP contribution in [0.25, 0.3) is 0 Å². The molecule has 0 unspecified atom stereocenters. The Bertz CT molecular complexity index is 434. The largest absolute Gasteiger partial charge is 0.371 e. The second-order valence-corrected chi connectivity index (χ2v) is 4.76. The van der Waals surface area contributed by atoms with E-state index in [0.29, 0.717) is 13.1 Å². The van der Waals surface area contributed by atoms with Crippen molar-refractivity contribution in [3.8, 4) is 0 Å². The number of anilines is 1. The van der Waals surface area contributed by atoms with Gasteiger partial charge in [-0.3, -0.25) is 4.79 Å².